The first-order chi connectivity index (χ1) is 6.16. The summed E-state index contributed by atoms with van der Waals surface area (Å²) in [6.45, 7) is 5.44. The van der Waals surface area contributed by atoms with Gasteiger partial charge in [-0.25, -0.2) is 9.79 Å². The van der Waals surface area contributed by atoms with Crippen LogP contribution < -0.4 is 0 Å². The van der Waals surface area contributed by atoms with Gasteiger partial charge in [-0.2, -0.15) is 0 Å². The Bertz CT molecular complexity index is 251. The number of hydrogen-bond donors (Lipinski definition) is 0. The summed E-state index contributed by atoms with van der Waals surface area (Å²) in [5.41, 5.74) is 0.515. The van der Waals surface area contributed by atoms with E-state index in [0.717, 1.165) is 11.8 Å². The van der Waals surface area contributed by atoms with E-state index in [-0.39, 0.29) is 0 Å². The molecular formula is C11H17NO. The van der Waals surface area contributed by atoms with Gasteiger partial charge in [-0.15, -0.1) is 0 Å². The van der Waals surface area contributed by atoms with Gasteiger partial charge >= 0.3 is 0 Å². The highest BCUT2D eigenvalue weighted by molar-refractivity contribution is 5.32. The Morgan fingerprint density at radius 1 is 1.46 bits per heavy atom. The van der Waals surface area contributed by atoms with Crippen LogP contribution in [-0.2, 0) is 4.79 Å². The van der Waals surface area contributed by atoms with Crippen LogP contribution >= 0.6 is 0 Å². The smallest absolute Gasteiger partial charge is 0.211 e. The molecule has 2 bridgehead atoms. The number of rotatable bonds is 2. The summed E-state index contributed by atoms with van der Waals surface area (Å²) in [5.74, 6) is 2.40. The molecule has 3 aliphatic rings. The number of isocyanates is 1. The first kappa shape index (κ1) is 8.96. The average Bonchev–Trinajstić information content (AvgIpc) is 2.14. The van der Waals surface area contributed by atoms with Crippen molar-refractivity contribution in [1.29, 1.82) is 0 Å². The van der Waals surface area contributed by atoms with E-state index < -0.39 is 0 Å². The first-order valence-electron chi connectivity index (χ1n) is 5.20. The van der Waals surface area contributed by atoms with Crippen LogP contribution in [0.5, 0.6) is 0 Å². The molecule has 0 radical (unpaired) electrons. The second kappa shape index (κ2) is 2.95. The summed E-state index contributed by atoms with van der Waals surface area (Å²) in [5, 5.41) is 0. The number of hydrogen-bond acceptors (Lipinski definition) is 2. The van der Waals surface area contributed by atoms with Gasteiger partial charge in [0.25, 0.3) is 0 Å². The Morgan fingerprint density at radius 3 is 2.77 bits per heavy atom. The van der Waals surface area contributed by atoms with Crippen molar-refractivity contribution in [3.63, 3.8) is 0 Å². The predicted octanol–water partition coefficient (Wildman–Crippen LogP) is 2.39. The molecule has 2 heteroatoms. The first-order valence-corrected chi connectivity index (χ1v) is 5.20. The Kier molecular flexibility index (Phi) is 2.03. The second-order valence-corrected chi connectivity index (χ2v) is 5.13. The largest absolute Gasteiger partial charge is 0.234 e. The molecule has 72 valence electrons. The van der Waals surface area contributed by atoms with Crippen LogP contribution in [-0.4, -0.2) is 12.6 Å². The summed E-state index contributed by atoms with van der Waals surface area (Å²) >= 11 is 0. The zero-order valence-corrected chi connectivity index (χ0v) is 8.42. The maximum atomic E-state index is 10.0. The molecule has 3 aliphatic carbocycles. The summed E-state index contributed by atoms with van der Waals surface area (Å²) in [6.07, 6.45) is 5.63. The van der Waals surface area contributed by atoms with Crippen molar-refractivity contribution in [3.05, 3.63) is 0 Å². The summed E-state index contributed by atoms with van der Waals surface area (Å²) in [7, 11) is 0. The molecule has 13 heavy (non-hydrogen) atoms. The van der Waals surface area contributed by atoms with E-state index in [4.69, 9.17) is 0 Å². The van der Waals surface area contributed by atoms with Gasteiger partial charge in [-0.1, -0.05) is 13.8 Å². The van der Waals surface area contributed by atoms with E-state index in [2.05, 4.69) is 18.8 Å². The molecule has 3 atom stereocenters. The van der Waals surface area contributed by atoms with Crippen molar-refractivity contribution in [2.24, 2.45) is 28.2 Å². The lowest BCUT2D eigenvalue weighted by molar-refractivity contribution is -0.101. The third-order valence-corrected chi connectivity index (χ3v) is 4.39. The molecule has 3 fully saturated rings. The fourth-order valence-corrected chi connectivity index (χ4v) is 3.34. The number of nitrogens with zero attached hydrogens (tertiary/aromatic N) is 1. The molecule has 3 rings (SSSR count). The number of aliphatic imine (C=N–C) groups is 1. The highest BCUT2D eigenvalue weighted by atomic mass is 16.1. The van der Waals surface area contributed by atoms with Gasteiger partial charge in [-0.3, -0.25) is 0 Å². The third kappa shape index (κ3) is 1.24. The minimum absolute atomic E-state index is 0.515. The lowest BCUT2D eigenvalue weighted by atomic mass is 9.45. The SMILES string of the molecule is CC1(C)C2CCC(CN=C=O)C1C2. The molecule has 0 aromatic carbocycles. The van der Waals surface area contributed by atoms with Crippen LogP contribution in [0.15, 0.2) is 4.99 Å². The van der Waals surface area contributed by atoms with E-state index in [0.29, 0.717) is 17.9 Å². The van der Waals surface area contributed by atoms with Gasteiger partial charge in [-0.05, 0) is 42.4 Å². The Balaban J connectivity index is 2.02. The van der Waals surface area contributed by atoms with Crippen molar-refractivity contribution in [2.75, 3.05) is 6.54 Å². The maximum Gasteiger partial charge on any atom is 0.234 e. The fourth-order valence-electron chi connectivity index (χ4n) is 3.34. The van der Waals surface area contributed by atoms with Crippen LogP contribution in [0.1, 0.15) is 33.1 Å². The molecule has 0 amide bonds. The molecule has 3 unspecified atom stereocenters. The van der Waals surface area contributed by atoms with Crippen molar-refractivity contribution in [1.82, 2.24) is 0 Å². The molecule has 0 spiro atoms. The van der Waals surface area contributed by atoms with Gasteiger partial charge < -0.3 is 0 Å². The zero-order chi connectivity index (χ0) is 9.47. The number of carbonyl (C=O) groups excluding carboxylic acids is 1. The third-order valence-electron chi connectivity index (χ3n) is 4.39. The van der Waals surface area contributed by atoms with Gasteiger partial charge in [0.05, 0.1) is 6.54 Å². The predicted molar refractivity (Wildman–Crippen MR) is 51.1 cm³/mol. The molecule has 0 N–H and O–H groups in total. The van der Waals surface area contributed by atoms with E-state index in [1.165, 1.54) is 19.3 Å². The van der Waals surface area contributed by atoms with Crippen LogP contribution in [0, 0.1) is 23.2 Å². The maximum absolute atomic E-state index is 10.0. The molecule has 0 saturated heterocycles. The summed E-state index contributed by atoms with van der Waals surface area (Å²) in [6, 6.07) is 0. The Hall–Kier alpha value is -0.620. The summed E-state index contributed by atoms with van der Waals surface area (Å²) < 4.78 is 0. The van der Waals surface area contributed by atoms with Gasteiger partial charge in [0.2, 0.25) is 6.08 Å². The molecule has 0 aliphatic heterocycles. The van der Waals surface area contributed by atoms with Crippen LogP contribution in [0.25, 0.3) is 0 Å². The highest BCUT2D eigenvalue weighted by Gasteiger charge is 2.53. The Labute approximate surface area is 79.4 Å². The van der Waals surface area contributed by atoms with Crippen LogP contribution in [0.2, 0.25) is 0 Å². The molecule has 0 heterocycles. The minimum Gasteiger partial charge on any atom is -0.211 e. The van der Waals surface area contributed by atoms with E-state index in [1.807, 2.05) is 0 Å². The molecule has 2 nitrogen and oxygen atoms in total. The van der Waals surface area contributed by atoms with Crippen molar-refractivity contribution < 1.29 is 4.79 Å². The molecule has 0 aromatic rings. The standard InChI is InChI=1S/C11H17NO/c1-11(2)9-4-3-8(6-12-7-13)10(11)5-9/h8-10H,3-6H2,1-2H3. The molecule has 0 aromatic heterocycles. The quantitative estimate of drug-likeness (QED) is 0.472. The lowest BCUT2D eigenvalue weighted by Crippen LogP contribution is -2.53. The lowest BCUT2D eigenvalue weighted by Gasteiger charge is -2.59. The zero-order valence-electron chi connectivity index (χ0n) is 8.42. The fraction of sp³-hybridized carbons (Fsp3) is 0.909. The van der Waals surface area contributed by atoms with Gasteiger partial charge in [0.1, 0.15) is 0 Å². The highest BCUT2D eigenvalue weighted by Crippen LogP contribution is 2.61. The topological polar surface area (TPSA) is 29.4 Å². The van der Waals surface area contributed by atoms with Crippen LogP contribution in [0.3, 0.4) is 0 Å². The van der Waals surface area contributed by atoms with Gasteiger partial charge in [0.15, 0.2) is 0 Å². The average molecular weight is 179 g/mol. The van der Waals surface area contributed by atoms with Crippen molar-refractivity contribution in [2.45, 2.75) is 33.1 Å². The van der Waals surface area contributed by atoms with Crippen LogP contribution in [0.4, 0.5) is 0 Å². The molecular weight excluding hydrogens is 162 g/mol. The monoisotopic (exact) mass is 179 g/mol. The summed E-state index contributed by atoms with van der Waals surface area (Å²) in [4.78, 5) is 13.8. The van der Waals surface area contributed by atoms with Crippen molar-refractivity contribution in [3.8, 4) is 0 Å². The van der Waals surface area contributed by atoms with E-state index in [1.54, 1.807) is 6.08 Å². The van der Waals surface area contributed by atoms with E-state index in [9.17, 15) is 4.79 Å². The van der Waals surface area contributed by atoms with E-state index >= 15 is 0 Å². The van der Waals surface area contributed by atoms with Crippen molar-refractivity contribution >= 4 is 6.08 Å². The Morgan fingerprint density at radius 2 is 2.23 bits per heavy atom. The second-order valence-electron chi connectivity index (χ2n) is 5.13. The normalized spacial score (nSPS) is 40.3. The minimum atomic E-state index is 0.515. The number of fused-ring (bicyclic) bond motifs is 2. The van der Waals surface area contributed by atoms with Gasteiger partial charge in [0, 0.05) is 0 Å². The molecule has 3 saturated carbocycles.